The van der Waals surface area contributed by atoms with Crippen molar-refractivity contribution < 1.29 is 19.1 Å². The van der Waals surface area contributed by atoms with Crippen molar-refractivity contribution in [2.75, 3.05) is 16.8 Å². The molecule has 8 nitrogen and oxygen atoms in total. The number of aromatic nitrogens is 2. The molecule has 2 heterocycles. The van der Waals surface area contributed by atoms with Crippen LogP contribution in [0.2, 0.25) is 5.02 Å². The number of hydrogen-bond acceptors (Lipinski definition) is 5. The molecule has 1 aromatic heterocycles. The van der Waals surface area contributed by atoms with Crippen molar-refractivity contribution in [3.05, 3.63) is 77.1 Å². The Labute approximate surface area is 183 Å². The van der Waals surface area contributed by atoms with E-state index >= 15 is 0 Å². The molecule has 0 unspecified atom stereocenters. The summed E-state index contributed by atoms with van der Waals surface area (Å²) >= 11 is 6.16. The maximum atomic E-state index is 12.9. The van der Waals surface area contributed by atoms with Gasteiger partial charge in [0.05, 0.1) is 29.7 Å². The van der Waals surface area contributed by atoms with Gasteiger partial charge in [0.25, 0.3) is 5.91 Å². The highest BCUT2D eigenvalue weighted by molar-refractivity contribution is 6.31. The lowest BCUT2D eigenvalue weighted by molar-refractivity contribution is -0.128. The van der Waals surface area contributed by atoms with Crippen LogP contribution in [-0.2, 0) is 20.9 Å². The van der Waals surface area contributed by atoms with Gasteiger partial charge >= 0.3 is 5.97 Å². The highest BCUT2D eigenvalue weighted by Crippen LogP contribution is 2.29. The molecule has 1 N–H and O–H groups in total. The van der Waals surface area contributed by atoms with Crippen molar-refractivity contribution in [1.82, 2.24) is 9.78 Å². The van der Waals surface area contributed by atoms with Crippen LogP contribution >= 0.6 is 11.6 Å². The topological polar surface area (TPSA) is 93.5 Å². The summed E-state index contributed by atoms with van der Waals surface area (Å²) in [6.45, 7) is 1.72. The van der Waals surface area contributed by atoms with Gasteiger partial charge in [-0.15, -0.1) is 0 Å². The molecule has 1 aliphatic rings. The van der Waals surface area contributed by atoms with E-state index in [1.807, 2.05) is 18.2 Å². The number of para-hydroxylation sites is 2. The monoisotopic (exact) mass is 438 g/mol. The number of anilines is 2. The molecule has 4 rings (SSSR count). The second kappa shape index (κ2) is 8.61. The normalized spacial score (nSPS) is 13.9. The number of fused-ring (bicyclic) bond motifs is 1. The number of rotatable bonds is 5. The first-order chi connectivity index (χ1) is 14.9. The van der Waals surface area contributed by atoms with Crippen LogP contribution in [0.1, 0.15) is 22.8 Å². The third-order valence-corrected chi connectivity index (χ3v) is 5.20. The zero-order valence-electron chi connectivity index (χ0n) is 16.6. The van der Waals surface area contributed by atoms with Crippen LogP contribution in [0, 0.1) is 0 Å². The Balaban J connectivity index is 1.43. The van der Waals surface area contributed by atoms with Crippen LogP contribution in [0.4, 0.5) is 11.4 Å². The van der Waals surface area contributed by atoms with Crippen molar-refractivity contribution in [3.63, 3.8) is 0 Å². The molecule has 3 aromatic rings. The summed E-state index contributed by atoms with van der Waals surface area (Å²) in [7, 11) is 0. The Morgan fingerprint density at radius 1 is 1.19 bits per heavy atom. The number of ether oxygens (including phenoxy) is 1. The van der Waals surface area contributed by atoms with E-state index in [9.17, 15) is 14.4 Å². The smallest absolute Gasteiger partial charge is 0.342 e. The molecular formula is C22H19ClN4O4. The van der Waals surface area contributed by atoms with Crippen molar-refractivity contribution in [2.24, 2.45) is 0 Å². The number of carbonyl (C=O) groups excluding carboxylic acids is 3. The lowest BCUT2D eigenvalue weighted by Gasteiger charge is -2.30. The van der Waals surface area contributed by atoms with Gasteiger partial charge in [0.1, 0.15) is 6.54 Å². The van der Waals surface area contributed by atoms with Crippen molar-refractivity contribution in [3.8, 4) is 0 Å². The quantitative estimate of drug-likeness (QED) is 0.618. The van der Waals surface area contributed by atoms with Gasteiger partial charge in [0.2, 0.25) is 5.91 Å². The third kappa shape index (κ3) is 4.44. The zero-order valence-corrected chi connectivity index (χ0v) is 17.4. The van der Waals surface area contributed by atoms with Crippen molar-refractivity contribution >= 4 is 40.8 Å². The number of carbonyl (C=O) groups is 3. The summed E-state index contributed by atoms with van der Waals surface area (Å²) < 4.78 is 6.91. The molecule has 158 valence electrons. The first kappa shape index (κ1) is 20.6. The van der Waals surface area contributed by atoms with Gasteiger partial charge < -0.3 is 10.1 Å². The second-order valence-electron chi connectivity index (χ2n) is 7.06. The van der Waals surface area contributed by atoms with Crippen LogP contribution in [0.15, 0.2) is 60.9 Å². The first-order valence-electron chi connectivity index (χ1n) is 9.59. The minimum Gasteiger partial charge on any atom is -0.449 e. The number of nitrogens with zero attached hydrogens (tertiary/aromatic N) is 3. The minimum absolute atomic E-state index is 0.145. The molecule has 31 heavy (non-hydrogen) atoms. The average molecular weight is 439 g/mol. The lowest BCUT2D eigenvalue weighted by Crippen LogP contribution is -2.47. The van der Waals surface area contributed by atoms with Gasteiger partial charge in [0, 0.05) is 11.2 Å². The van der Waals surface area contributed by atoms with Gasteiger partial charge in [-0.05, 0) is 30.7 Å². The molecule has 0 radical (unpaired) electrons. The van der Waals surface area contributed by atoms with Crippen molar-refractivity contribution in [1.29, 1.82) is 0 Å². The molecule has 9 heteroatoms. The summed E-state index contributed by atoms with van der Waals surface area (Å²) in [5.41, 5.74) is 2.16. The van der Waals surface area contributed by atoms with Crippen LogP contribution in [-0.4, -0.2) is 40.2 Å². The van der Waals surface area contributed by atoms with Crippen LogP contribution in [0.5, 0.6) is 0 Å². The molecule has 0 aliphatic carbocycles. The van der Waals surface area contributed by atoms with E-state index in [1.54, 1.807) is 35.0 Å². The fraction of sp³-hybridized carbons (Fsp3) is 0.182. The number of nitrogens with one attached hydrogen (secondary N) is 1. The van der Waals surface area contributed by atoms with Gasteiger partial charge in [-0.3, -0.25) is 19.2 Å². The standard InChI is InChI=1S/C22H19ClN4O4/c1-14(21(29)27-13-20(28)25-18-8-4-5-9-19(18)27)31-22(30)16-10-24-26(12-16)11-15-6-2-3-7-17(15)23/h2-10,12,14H,11,13H2,1H3,(H,25,28)/t14-/m1/s1. The predicted molar refractivity (Wildman–Crippen MR) is 115 cm³/mol. The number of esters is 1. The summed E-state index contributed by atoms with van der Waals surface area (Å²) in [5, 5.41) is 7.48. The molecule has 0 fully saturated rings. The first-order valence-corrected chi connectivity index (χ1v) is 9.97. The third-order valence-electron chi connectivity index (χ3n) is 4.83. The fourth-order valence-corrected chi connectivity index (χ4v) is 3.48. The summed E-state index contributed by atoms with van der Waals surface area (Å²) in [6, 6.07) is 14.3. The minimum atomic E-state index is -1.08. The summed E-state index contributed by atoms with van der Waals surface area (Å²) in [5.74, 6) is -1.48. The van der Waals surface area contributed by atoms with E-state index in [0.717, 1.165) is 5.56 Å². The van der Waals surface area contributed by atoms with Crippen LogP contribution in [0.3, 0.4) is 0 Å². The Hall–Kier alpha value is -3.65. The molecule has 1 aliphatic heterocycles. The van der Waals surface area contributed by atoms with Gasteiger partial charge in [-0.25, -0.2) is 4.79 Å². The molecule has 2 amide bonds. The number of amides is 2. The number of benzene rings is 2. The van der Waals surface area contributed by atoms with Crippen molar-refractivity contribution in [2.45, 2.75) is 19.6 Å². The SMILES string of the molecule is C[C@@H](OC(=O)c1cnn(Cc2ccccc2Cl)c1)C(=O)N1CC(=O)Nc2ccccc21. The molecule has 0 spiro atoms. The van der Waals surface area contributed by atoms with E-state index < -0.39 is 18.0 Å². The van der Waals surface area contributed by atoms with Gasteiger partial charge in [-0.1, -0.05) is 41.9 Å². The number of hydrogen-bond donors (Lipinski definition) is 1. The maximum absolute atomic E-state index is 12.9. The van der Waals surface area contributed by atoms with E-state index in [2.05, 4.69) is 10.4 Å². The van der Waals surface area contributed by atoms with Crippen LogP contribution in [0.25, 0.3) is 0 Å². The largest absolute Gasteiger partial charge is 0.449 e. The molecule has 2 aromatic carbocycles. The molecule has 0 saturated carbocycles. The average Bonchev–Trinajstić information content (AvgIpc) is 3.23. The fourth-order valence-electron chi connectivity index (χ4n) is 3.28. The maximum Gasteiger partial charge on any atom is 0.342 e. The number of halogens is 1. The van der Waals surface area contributed by atoms with Crippen LogP contribution < -0.4 is 10.2 Å². The van der Waals surface area contributed by atoms with E-state index in [1.165, 1.54) is 24.2 Å². The van der Waals surface area contributed by atoms with E-state index in [0.29, 0.717) is 22.9 Å². The van der Waals surface area contributed by atoms with E-state index in [-0.39, 0.29) is 18.0 Å². The summed E-state index contributed by atoms with van der Waals surface area (Å²) in [6.07, 6.45) is 1.82. The molecule has 1 atom stereocenters. The molecule has 0 bridgehead atoms. The Kier molecular flexibility index (Phi) is 5.73. The Morgan fingerprint density at radius 3 is 2.74 bits per heavy atom. The Morgan fingerprint density at radius 2 is 1.94 bits per heavy atom. The zero-order chi connectivity index (χ0) is 22.0. The highest BCUT2D eigenvalue weighted by Gasteiger charge is 2.31. The highest BCUT2D eigenvalue weighted by atomic mass is 35.5. The molecular weight excluding hydrogens is 420 g/mol. The lowest BCUT2D eigenvalue weighted by atomic mass is 10.1. The molecule has 0 saturated heterocycles. The second-order valence-corrected chi connectivity index (χ2v) is 7.46. The summed E-state index contributed by atoms with van der Waals surface area (Å²) in [4.78, 5) is 38.7. The predicted octanol–water partition coefficient (Wildman–Crippen LogP) is 3.12. The van der Waals surface area contributed by atoms with Gasteiger partial charge in [-0.2, -0.15) is 5.10 Å². The van der Waals surface area contributed by atoms with Gasteiger partial charge in [0.15, 0.2) is 6.10 Å². The Bertz CT molecular complexity index is 1160. The van der Waals surface area contributed by atoms with E-state index in [4.69, 9.17) is 16.3 Å².